The molecule has 0 spiro atoms. The Balaban J connectivity index is 1.85. The number of aryl methyl sites for hydroxylation is 1. The molecular weight excluding hydrogens is 280 g/mol. The number of β-amino-alcohol motifs (C(OH)–C–C–N with tert-alkyl or cyclic N) is 1. The van der Waals surface area contributed by atoms with Gasteiger partial charge in [0.1, 0.15) is 0 Å². The highest BCUT2D eigenvalue weighted by Crippen LogP contribution is 2.15. The molecule has 2 heterocycles. The van der Waals surface area contributed by atoms with Gasteiger partial charge in [0.05, 0.1) is 12.6 Å². The van der Waals surface area contributed by atoms with Crippen molar-refractivity contribution >= 4 is 0 Å². The number of piperazine rings is 1. The van der Waals surface area contributed by atoms with Crippen molar-refractivity contribution in [1.82, 2.24) is 19.9 Å². The van der Waals surface area contributed by atoms with Crippen molar-refractivity contribution in [2.75, 3.05) is 26.2 Å². The van der Waals surface area contributed by atoms with Crippen molar-refractivity contribution < 1.29 is 9.63 Å². The summed E-state index contributed by atoms with van der Waals surface area (Å²) in [5.41, 5.74) is 0. The molecular formula is C16H30N4O2. The maximum absolute atomic E-state index is 9.60. The predicted molar refractivity (Wildman–Crippen MR) is 85.5 cm³/mol. The van der Waals surface area contributed by atoms with Gasteiger partial charge >= 0.3 is 0 Å². The fourth-order valence-corrected chi connectivity index (χ4v) is 3.05. The standard InChI is InChI=1S/C16H30N4O2/c1-4-6-7-16-17-15(18-22-16)12-19-8-9-20(10-13(3)21)14(5-2)11-19/h13-14,21H,4-12H2,1-3H3. The van der Waals surface area contributed by atoms with E-state index < -0.39 is 0 Å². The Morgan fingerprint density at radius 3 is 2.86 bits per heavy atom. The highest BCUT2D eigenvalue weighted by Gasteiger charge is 2.27. The van der Waals surface area contributed by atoms with Crippen molar-refractivity contribution in [3.05, 3.63) is 11.7 Å². The van der Waals surface area contributed by atoms with E-state index in [1.54, 1.807) is 0 Å². The Labute approximate surface area is 133 Å². The molecule has 0 saturated carbocycles. The van der Waals surface area contributed by atoms with Gasteiger partial charge in [0.15, 0.2) is 5.82 Å². The minimum Gasteiger partial charge on any atom is -0.392 e. The molecule has 1 fully saturated rings. The normalized spacial score (nSPS) is 22.1. The van der Waals surface area contributed by atoms with Gasteiger partial charge in [-0.15, -0.1) is 0 Å². The Bertz CT molecular complexity index is 436. The van der Waals surface area contributed by atoms with Crippen LogP contribution in [0.5, 0.6) is 0 Å². The van der Waals surface area contributed by atoms with Crippen molar-refractivity contribution in [3.8, 4) is 0 Å². The Morgan fingerprint density at radius 2 is 2.18 bits per heavy atom. The van der Waals surface area contributed by atoms with Crippen LogP contribution in [-0.4, -0.2) is 63.4 Å². The molecule has 0 radical (unpaired) electrons. The molecule has 2 rings (SSSR count). The van der Waals surface area contributed by atoms with E-state index in [1.165, 1.54) is 0 Å². The molecule has 1 aliphatic rings. The molecule has 2 unspecified atom stereocenters. The molecule has 1 aromatic rings. The number of hydrogen-bond donors (Lipinski definition) is 1. The van der Waals surface area contributed by atoms with Crippen LogP contribution >= 0.6 is 0 Å². The summed E-state index contributed by atoms with van der Waals surface area (Å²) in [6.45, 7) is 10.7. The largest absolute Gasteiger partial charge is 0.392 e. The van der Waals surface area contributed by atoms with Crippen LogP contribution in [0, 0.1) is 0 Å². The van der Waals surface area contributed by atoms with Crippen LogP contribution in [0.1, 0.15) is 51.7 Å². The van der Waals surface area contributed by atoms with Gasteiger partial charge in [-0.25, -0.2) is 0 Å². The fraction of sp³-hybridized carbons (Fsp3) is 0.875. The highest BCUT2D eigenvalue weighted by molar-refractivity contribution is 4.89. The second-order valence-corrected chi connectivity index (χ2v) is 6.35. The van der Waals surface area contributed by atoms with E-state index in [-0.39, 0.29) is 6.10 Å². The Hall–Kier alpha value is -0.980. The molecule has 2 atom stereocenters. The maximum atomic E-state index is 9.60. The number of hydrogen-bond acceptors (Lipinski definition) is 6. The lowest BCUT2D eigenvalue weighted by atomic mass is 10.1. The highest BCUT2D eigenvalue weighted by atomic mass is 16.5. The molecule has 0 bridgehead atoms. The van der Waals surface area contributed by atoms with Gasteiger partial charge in [-0.2, -0.15) is 4.98 Å². The van der Waals surface area contributed by atoms with Crippen LogP contribution in [0.4, 0.5) is 0 Å². The zero-order valence-corrected chi connectivity index (χ0v) is 14.2. The summed E-state index contributed by atoms with van der Waals surface area (Å²) in [5, 5.41) is 13.7. The first-order valence-corrected chi connectivity index (χ1v) is 8.58. The van der Waals surface area contributed by atoms with Crippen LogP contribution in [0.25, 0.3) is 0 Å². The molecule has 0 aliphatic carbocycles. The van der Waals surface area contributed by atoms with E-state index in [1.807, 2.05) is 6.92 Å². The Morgan fingerprint density at radius 1 is 1.36 bits per heavy atom. The van der Waals surface area contributed by atoms with Crippen molar-refractivity contribution in [2.24, 2.45) is 0 Å². The lowest BCUT2D eigenvalue weighted by molar-refractivity contribution is 0.0326. The molecule has 1 aromatic heterocycles. The number of nitrogens with zero attached hydrogens (tertiary/aromatic N) is 4. The molecule has 6 nitrogen and oxygen atoms in total. The van der Waals surface area contributed by atoms with Crippen LogP contribution in [0.2, 0.25) is 0 Å². The molecule has 1 saturated heterocycles. The van der Waals surface area contributed by atoms with Crippen LogP contribution < -0.4 is 0 Å². The van der Waals surface area contributed by atoms with Crippen molar-refractivity contribution in [1.29, 1.82) is 0 Å². The maximum Gasteiger partial charge on any atom is 0.226 e. The number of unbranched alkanes of at least 4 members (excludes halogenated alkanes) is 1. The second kappa shape index (κ2) is 8.60. The molecule has 1 aliphatic heterocycles. The zero-order chi connectivity index (χ0) is 15.9. The summed E-state index contributed by atoms with van der Waals surface area (Å²) < 4.78 is 5.30. The van der Waals surface area contributed by atoms with Gasteiger partial charge in [-0.3, -0.25) is 9.80 Å². The first kappa shape index (κ1) is 17.4. The zero-order valence-electron chi connectivity index (χ0n) is 14.2. The average molecular weight is 310 g/mol. The third-order valence-electron chi connectivity index (χ3n) is 4.28. The van der Waals surface area contributed by atoms with Crippen LogP contribution in [0.15, 0.2) is 4.52 Å². The van der Waals surface area contributed by atoms with Gasteiger partial charge in [-0.1, -0.05) is 25.4 Å². The molecule has 22 heavy (non-hydrogen) atoms. The molecule has 0 amide bonds. The van der Waals surface area contributed by atoms with Gasteiger partial charge < -0.3 is 9.63 Å². The Kier molecular flexibility index (Phi) is 6.79. The minimum absolute atomic E-state index is 0.265. The van der Waals surface area contributed by atoms with Crippen molar-refractivity contribution in [3.63, 3.8) is 0 Å². The first-order chi connectivity index (χ1) is 10.6. The summed E-state index contributed by atoms with van der Waals surface area (Å²) in [6.07, 6.45) is 3.94. The molecule has 126 valence electrons. The summed E-state index contributed by atoms with van der Waals surface area (Å²) in [4.78, 5) is 9.27. The van der Waals surface area contributed by atoms with Gasteiger partial charge in [-0.05, 0) is 19.8 Å². The molecule has 1 N–H and O–H groups in total. The van der Waals surface area contributed by atoms with Gasteiger partial charge in [0.2, 0.25) is 5.89 Å². The number of aliphatic hydroxyl groups is 1. The molecule has 6 heteroatoms. The molecule has 0 aromatic carbocycles. The summed E-state index contributed by atoms with van der Waals surface area (Å²) in [7, 11) is 0. The van der Waals surface area contributed by atoms with Crippen LogP contribution in [-0.2, 0) is 13.0 Å². The van der Waals surface area contributed by atoms with E-state index in [4.69, 9.17) is 4.52 Å². The number of rotatable bonds is 8. The SMILES string of the molecule is CCCCc1nc(CN2CCN(CC(C)O)C(CC)C2)no1. The van der Waals surface area contributed by atoms with E-state index in [9.17, 15) is 5.11 Å². The summed E-state index contributed by atoms with van der Waals surface area (Å²) >= 11 is 0. The number of aliphatic hydroxyl groups excluding tert-OH is 1. The average Bonchev–Trinajstić information content (AvgIpc) is 2.93. The summed E-state index contributed by atoms with van der Waals surface area (Å²) in [5.74, 6) is 1.56. The van der Waals surface area contributed by atoms with Crippen LogP contribution in [0.3, 0.4) is 0 Å². The lowest BCUT2D eigenvalue weighted by Gasteiger charge is -2.41. The quantitative estimate of drug-likeness (QED) is 0.788. The van der Waals surface area contributed by atoms with E-state index >= 15 is 0 Å². The summed E-state index contributed by atoms with van der Waals surface area (Å²) in [6, 6.07) is 0.495. The number of aromatic nitrogens is 2. The van der Waals surface area contributed by atoms with E-state index in [0.717, 1.165) is 70.1 Å². The third kappa shape index (κ3) is 5.04. The second-order valence-electron chi connectivity index (χ2n) is 6.35. The monoisotopic (exact) mass is 310 g/mol. The fourth-order valence-electron chi connectivity index (χ4n) is 3.05. The van der Waals surface area contributed by atoms with Crippen molar-refractivity contribution in [2.45, 2.75) is 65.1 Å². The topological polar surface area (TPSA) is 65.6 Å². The van der Waals surface area contributed by atoms with Gasteiger partial charge in [0, 0.05) is 38.6 Å². The van der Waals surface area contributed by atoms with Gasteiger partial charge in [0.25, 0.3) is 0 Å². The van der Waals surface area contributed by atoms with E-state index in [2.05, 4.69) is 33.8 Å². The minimum atomic E-state index is -0.265. The third-order valence-corrected chi connectivity index (χ3v) is 4.28. The van der Waals surface area contributed by atoms with E-state index in [0.29, 0.717) is 6.04 Å². The smallest absolute Gasteiger partial charge is 0.226 e. The predicted octanol–water partition coefficient (Wildman–Crippen LogP) is 1.69. The first-order valence-electron chi connectivity index (χ1n) is 8.58. The lowest BCUT2D eigenvalue weighted by Crippen LogP contribution is -2.54.